The fourth-order valence-corrected chi connectivity index (χ4v) is 2.80. The van der Waals surface area contributed by atoms with E-state index in [1.54, 1.807) is 0 Å². The van der Waals surface area contributed by atoms with Gasteiger partial charge in [-0.2, -0.15) is 0 Å². The van der Waals surface area contributed by atoms with Gasteiger partial charge in [-0.3, -0.25) is 19.9 Å². The van der Waals surface area contributed by atoms with Gasteiger partial charge < -0.3 is 5.32 Å². The predicted molar refractivity (Wildman–Crippen MR) is 103 cm³/mol. The molecule has 1 N–H and O–H groups in total. The standard InChI is InChI=1S/C21H25N5/c1-4-12-23-19(8-1)16-22-11-7-15-26(17-20-9-2-5-13-24-20)18-21-10-3-6-14-25-21/h1-6,8-10,12-14,22H,7,11,15-18H2. The molecular weight excluding hydrogens is 322 g/mol. The van der Waals surface area contributed by atoms with Gasteiger partial charge in [0, 0.05) is 44.8 Å². The maximum absolute atomic E-state index is 4.46. The number of nitrogens with zero attached hydrogens (tertiary/aromatic N) is 4. The van der Waals surface area contributed by atoms with E-state index in [0.29, 0.717) is 0 Å². The molecule has 0 aliphatic rings. The van der Waals surface area contributed by atoms with Crippen LogP contribution < -0.4 is 5.32 Å². The second-order valence-corrected chi connectivity index (χ2v) is 6.20. The molecule has 0 unspecified atom stereocenters. The van der Waals surface area contributed by atoms with Crippen LogP contribution in [0.4, 0.5) is 0 Å². The molecule has 3 aromatic rings. The van der Waals surface area contributed by atoms with Crippen LogP contribution in [0.3, 0.4) is 0 Å². The van der Waals surface area contributed by atoms with E-state index in [4.69, 9.17) is 0 Å². The maximum atomic E-state index is 4.46. The quantitative estimate of drug-likeness (QED) is 0.571. The van der Waals surface area contributed by atoms with Crippen LogP contribution in [-0.2, 0) is 19.6 Å². The van der Waals surface area contributed by atoms with Crippen LogP contribution in [0.25, 0.3) is 0 Å². The second-order valence-electron chi connectivity index (χ2n) is 6.20. The van der Waals surface area contributed by atoms with Gasteiger partial charge in [-0.1, -0.05) is 18.2 Å². The van der Waals surface area contributed by atoms with E-state index in [1.165, 1.54) is 0 Å². The Morgan fingerprint density at radius 3 is 1.73 bits per heavy atom. The highest BCUT2D eigenvalue weighted by molar-refractivity contribution is 5.06. The normalized spacial score (nSPS) is 11.0. The summed E-state index contributed by atoms with van der Waals surface area (Å²) in [5.41, 5.74) is 3.25. The summed E-state index contributed by atoms with van der Waals surface area (Å²) in [4.78, 5) is 15.6. The van der Waals surface area contributed by atoms with Gasteiger partial charge in [-0.25, -0.2) is 0 Å². The summed E-state index contributed by atoms with van der Waals surface area (Å²) in [6.07, 6.45) is 6.59. The summed E-state index contributed by atoms with van der Waals surface area (Å²) in [6, 6.07) is 18.1. The predicted octanol–water partition coefficient (Wildman–Crippen LogP) is 3.05. The minimum Gasteiger partial charge on any atom is -0.311 e. The van der Waals surface area contributed by atoms with Gasteiger partial charge in [0.1, 0.15) is 0 Å². The van der Waals surface area contributed by atoms with Gasteiger partial charge in [-0.05, 0) is 49.4 Å². The van der Waals surface area contributed by atoms with E-state index in [9.17, 15) is 0 Å². The van der Waals surface area contributed by atoms with Crippen molar-refractivity contribution in [1.82, 2.24) is 25.2 Å². The molecule has 0 spiro atoms. The first-order valence-electron chi connectivity index (χ1n) is 9.03. The van der Waals surface area contributed by atoms with Crippen molar-refractivity contribution in [2.24, 2.45) is 0 Å². The van der Waals surface area contributed by atoms with Crippen LogP contribution in [-0.4, -0.2) is 32.9 Å². The third kappa shape index (κ3) is 6.35. The first-order valence-corrected chi connectivity index (χ1v) is 9.03. The molecule has 0 saturated heterocycles. The molecule has 0 saturated carbocycles. The number of hydrogen-bond donors (Lipinski definition) is 1. The minimum absolute atomic E-state index is 0.807. The van der Waals surface area contributed by atoms with Crippen molar-refractivity contribution < 1.29 is 0 Å². The van der Waals surface area contributed by atoms with E-state index in [2.05, 4.69) is 37.3 Å². The molecule has 3 rings (SSSR count). The first-order chi connectivity index (χ1) is 12.9. The summed E-state index contributed by atoms with van der Waals surface area (Å²) in [6.45, 7) is 4.41. The Morgan fingerprint density at radius 1 is 0.692 bits per heavy atom. The Balaban J connectivity index is 1.48. The lowest BCUT2D eigenvalue weighted by atomic mass is 10.2. The van der Waals surface area contributed by atoms with Crippen molar-refractivity contribution in [3.63, 3.8) is 0 Å². The molecule has 0 radical (unpaired) electrons. The highest BCUT2D eigenvalue weighted by atomic mass is 15.1. The van der Waals surface area contributed by atoms with Gasteiger partial charge in [0.15, 0.2) is 0 Å². The number of nitrogens with one attached hydrogen (secondary N) is 1. The number of rotatable bonds is 10. The van der Waals surface area contributed by atoms with E-state index in [0.717, 1.165) is 56.2 Å². The fourth-order valence-electron chi connectivity index (χ4n) is 2.80. The van der Waals surface area contributed by atoms with E-state index < -0.39 is 0 Å². The van der Waals surface area contributed by atoms with Crippen molar-refractivity contribution in [3.05, 3.63) is 90.3 Å². The van der Waals surface area contributed by atoms with Crippen molar-refractivity contribution in [2.45, 2.75) is 26.1 Å². The third-order valence-corrected chi connectivity index (χ3v) is 4.08. The molecule has 0 aliphatic carbocycles. The lowest BCUT2D eigenvalue weighted by molar-refractivity contribution is 0.246. The summed E-state index contributed by atoms with van der Waals surface area (Å²) in [5.74, 6) is 0. The topological polar surface area (TPSA) is 53.9 Å². The monoisotopic (exact) mass is 347 g/mol. The summed E-state index contributed by atoms with van der Waals surface area (Å²) < 4.78 is 0. The zero-order valence-corrected chi connectivity index (χ0v) is 15.0. The molecule has 5 nitrogen and oxygen atoms in total. The largest absolute Gasteiger partial charge is 0.311 e. The highest BCUT2D eigenvalue weighted by Crippen LogP contribution is 2.07. The van der Waals surface area contributed by atoms with Gasteiger partial charge in [0.05, 0.1) is 17.1 Å². The second kappa shape index (κ2) is 10.4. The molecule has 3 heterocycles. The Morgan fingerprint density at radius 2 is 1.23 bits per heavy atom. The van der Waals surface area contributed by atoms with Crippen molar-refractivity contribution in [3.8, 4) is 0 Å². The van der Waals surface area contributed by atoms with Gasteiger partial charge >= 0.3 is 0 Å². The smallest absolute Gasteiger partial charge is 0.0544 e. The Hall–Kier alpha value is -2.63. The SMILES string of the molecule is c1ccc(CNCCCN(Cc2ccccn2)Cc2ccccn2)nc1. The first kappa shape index (κ1) is 18.2. The zero-order chi connectivity index (χ0) is 17.9. The number of hydrogen-bond acceptors (Lipinski definition) is 5. The van der Waals surface area contributed by atoms with Crippen LogP contribution in [0.5, 0.6) is 0 Å². The number of pyridine rings is 3. The molecule has 0 aliphatic heterocycles. The highest BCUT2D eigenvalue weighted by Gasteiger charge is 2.08. The molecule has 0 bridgehead atoms. The van der Waals surface area contributed by atoms with Gasteiger partial charge in [0.25, 0.3) is 0 Å². The molecule has 134 valence electrons. The molecular formula is C21H25N5. The van der Waals surface area contributed by atoms with Crippen molar-refractivity contribution >= 4 is 0 Å². The van der Waals surface area contributed by atoms with E-state index >= 15 is 0 Å². The van der Waals surface area contributed by atoms with E-state index in [-0.39, 0.29) is 0 Å². The Kier molecular flexibility index (Phi) is 7.25. The fraction of sp³-hybridized carbons (Fsp3) is 0.286. The summed E-state index contributed by atoms with van der Waals surface area (Å²) in [5, 5.41) is 3.46. The number of aromatic nitrogens is 3. The molecule has 5 heteroatoms. The Labute approximate surface area is 155 Å². The molecule has 0 amide bonds. The lowest BCUT2D eigenvalue weighted by Crippen LogP contribution is -2.27. The van der Waals surface area contributed by atoms with Crippen molar-refractivity contribution in [2.75, 3.05) is 13.1 Å². The minimum atomic E-state index is 0.807. The van der Waals surface area contributed by atoms with E-state index in [1.807, 2.05) is 61.1 Å². The molecule has 3 aromatic heterocycles. The van der Waals surface area contributed by atoms with Crippen LogP contribution in [0, 0.1) is 0 Å². The summed E-state index contributed by atoms with van der Waals surface area (Å²) in [7, 11) is 0. The average molecular weight is 347 g/mol. The zero-order valence-electron chi connectivity index (χ0n) is 15.0. The van der Waals surface area contributed by atoms with Crippen LogP contribution in [0.2, 0.25) is 0 Å². The molecule has 0 atom stereocenters. The van der Waals surface area contributed by atoms with Crippen LogP contribution in [0.15, 0.2) is 73.2 Å². The molecule has 26 heavy (non-hydrogen) atoms. The van der Waals surface area contributed by atoms with Crippen LogP contribution >= 0.6 is 0 Å². The molecule has 0 aromatic carbocycles. The van der Waals surface area contributed by atoms with Gasteiger partial charge in [-0.15, -0.1) is 0 Å². The van der Waals surface area contributed by atoms with Crippen LogP contribution in [0.1, 0.15) is 23.5 Å². The maximum Gasteiger partial charge on any atom is 0.0544 e. The average Bonchev–Trinajstić information content (AvgIpc) is 2.70. The summed E-state index contributed by atoms with van der Waals surface area (Å²) >= 11 is 0. The van der Waals surface area contributed by atoms with Gasteiger partial charge in [0.2, 0.25) is 0 Å². The Bertz CT molecular complexity index is 693. The third-order valence-electron chi connectivity index (χ3n) is 4.08. The molecule has 0 fully saturated rings. The van der Waals surface area contributed by atoms with Crippen molar-refractivity contribution in [1.29, 1.82) is 0 Å². The lowest BCUT2D eigenvalue weighted by Gasteiger charge is -2.21.